The van der Waals surface area contributed by atoms with Crippen molar-refractivity contribution >= 4 is 11.7 Å². The van der Waals surface area contributed by atoms with E-state index < -0.39 is 5.97 Å². The smallest absolute Gasteiger partial charge is 0.360 e. The molecule has 0 amide bonds. The molecule has 10 heteroatoms. The van der Waals surface area contributed by atoms with Crippen LogP contribution in [0.4, 0.5) is 5.69 Å². The molecule has 10 nitrogen and oxygen atoms in total. The SMILES string of the molecule is COC(=O)c1cc(-c2c(O)cc(O)cc2Oc2ccc(N=O)cc2)on1.[OH-]. The Morgan fingerprint density at radius 1 is 1.15 bits per heavy atom. The summed E-state index contributed by atoms with van der Waals surface area (Å²) in [4.78, 5) is 22.0. The summed E-state index contributed by atoms with van der Waals surface area (Å²) in [5.74, 6) is -0.918. The van der Waals surface area contributed by atoms with Crippen LogP contribution in [0, 0.1) is 4.91 Å². The Kier molecular flexibility index (Phi) is 5.73. The fourth-order valence-electron chi connectivity index (χ4n) is 2.21. The standard InChI is InChI=1S/C17H12N2O7.H2O/c1-24-17(22)12-8-15(26-19-12)16-13(21)6-10(20)7-14(16)25-11-4-2-9(18-23)3-5-11;/h2-8,20-21H,1H3;1H2/p-1. The summed E-state index contributed by atoms with van der Waals surface area (Å²) in [6.45, 7) is 0. The highest BCUT2D eigenvalue weighted by Gasteiger charge is 2.21. The molecule has 0 aliphatic rings. The lowest BCUT2D eigenvalue weighted by Crippen LogP contribution is -2.00. The number of phenols is 2. The number of carbonyl (C=O) groups excluding carboxylic acids is 1. The number of hydrogen-bond donors (Lipinski definition) is 2. The number of phenolic OH excluding ortho intramolecular Hbond substituents is 2. The predicted octanol–water partition coefficient (Wildman–Crippen LogP) is 3.55. The van der Waals surface area contributed by atoms with Gasteiger partial charge in [-0.25, -0.2) is 4.79 Å². The quantitative estimate of drug-likeness (QED) is 0.503. The molecule has 0 unspecified atom stereocenters. The molecule has 1 aromatic heterocycles. The number of aromatic hydroxyl groups is 2. The van der Waals surface area contributed by atoms with Crippen LogP contribution < -0.4 is 4.74 Å². The summed E-state index contributed by atoms with van der Waals surface area (Å²) in [6.07, 6.45) is 0. The number of ether oxygens (including phenoxy) is 2. The van der Waals surface area contributed by atoms with Crippen molar-refractivity contribution in [1.82, 2.24) is 5.16 Å². The third-order valence-electron chi connectivity index (χ3n) is 3.39. The van der Waals surface area contributed by atoms with Gasteiger partial charge in [0.15, 0.2) is 11.5 Å². The maximum atomic E-state index is 11.5. The van der Waals surface area contributed by atoms with Crippen LogP contribution in [0.25, 0.3) is 11.3 Å². The zero-order valence-corrected chi connectivity index (χ0v) is 13.8. The van der Waals surface area contributed by atoms with Crippen molar-refractivity contribution in [2.24, 2.45) is 5.18 Å². The van der Waals surface area contributed by atoms with E-state index in [1.165, 1.54) is 43.5 Å². The third kappa shape index (κ3) is 4.02. The van der Waals surface area contributed by atoms with Gasteiger partial charge < -0.3 is 29.7 Å². The Labute approximate surface area is 151 Å². The summed E-state index contributed by atoms with van der Waals surface area (Å²) < 4.78 is 15.3. The fourth-order valence-corrected chi connectivity index (χ4v) is 2.21. The second-order valence-electron chi connectivity index (χ2n) is 5.09. The van der Waals surface area contributed by atoms with Crippen LogP contribution in [-0.4, -0.2) is 33.9 Å². The van der Waals surface area contributed by atoms with E-state index in [4.69, 9.17) is 9.26 Å². The van der Waals surface area contributed by atoms with Gasteiger partial charge in [-0.05, 0) is 29.4 Å². The zero-order chi connectivity index (χ0) is 18.7. The first-order valence-electron chi connectivity index (χ1n) is 7.24. The highest BCUT2D eigenvalue weighted by molar-refractivity contribution is 5.89. The molecule has 0 radical (unpaired) electrons. The molecule has 0 aliphatic heterocycles. The Hall–Kier alpha value is -3.92. The number of esters is 1. The first-order chi connectivity index (χ1) is 12.5. The molecule has 3 N–H and O–H groups in total. The first-order valence-corrected chi connectivity index (χ1v) is 7.24. The zero-order valence-electron chi connectivity index (χ0n) is 13.8. The molecule has 140 valence electrons. The van der Waals surface area contributed by atoms with Gasteiger partial charge in [0.1, 0.15) is 34.2 Å². The molecule has 3 rings (SSSR count). The Morgan fingerprint density at radius 3 is 2.48 bits per heavy atom. The van der Waals surface area contributed by atoms with Gasteiger partial charge in [0.25, 0.3) is 0 Å². The predicted molar refractivity (Wildman–Crippen MR) is 90.5 cm³/mol. The number of carbonyl (C=O) groups is 1. The maximum absolute atomic E-state index is 11.5. The first kappa shape index (κ1) is 19.4. The maximum Gasteiger partial charge on any atom is 0.360 e. The molecule has 0 spiro atoms. The normalized spacial score (nSPS) is 9.96. The van der Waals surface area contributed by atoms with E-state index in [1.54, 1.807) is 0 Å². The van der Waals surface area contributed by atoms with Crippen LogP contribution in [0.3, 0.4) is 0 Å². The van der Waals surface area contributed by atoms with Crippen LogP contribution in [0.15, 0.2) is 52.2 Å². The van der Waals surface area contributed by atoms with Crippen LogP contribution in [0.5, 0.6) is 23.0 Å². The van der Waals surface area contributed by atoms with Crippen molar-refractivity contribution in [3.05, 3.63) is 53.1 Å². The van der Waals surface area contributed by atoms with Gasteiger partial charge in [0.2, 0.25) is 0 Å². The highest BCUT2D eigenvalue weighted by Crippen LogP contribution is 2.43. The second kappa shape index (κ2) is 7.97. The molecule has 0 saturated heterocycles. The minimum Gasteiger partial charge on any atom is -0.870 e. The number of benzene rings is 2. The molecule has 0 atom stereocenters. The number of rotatable bonds is 5. The molecule has 0 saturated carbocycles. The van der Waals surface area contributed by atoms with Gasteiger partial charge in [0.05, 0.1) is 7.11 Å². The van der Waals surface area contributed by atoms with Crippen molar-refractivity contribution in [3.8, 4) is 34.3 Å². The van der Waals surface area contributed by atoms with E-state index in [0.29, 0.717) is 5.75 Å². The van der Waals surface area contributed by atoms with E-state index >= 15 is 0 Å². The van der Waals surface area contributed by atoms with Gasteiger partial charge in [-0.15, -0.1) is 4.91 Å². The Morgan fingerprint density at radius 2 is 1.85 bits per heavy atom. The van der Waals surface area contributed by atoms with E-state index in [9.17, 15) is 19.9 Å². The number of nitrogens with zero attached hydrogens (tertiary/aromatic N) is 2. The van der Waals surface area contributed by atoms with E-state index in [0.717, 1.165) is 6.07 Å². The van der Waals surface area contributed by atoms with Gasteiger partial charge >= 0.3 is 5.97 Å². The minimum absolute atomic E-state index is 0. The van der Waals surface area contributed by atoms with E-state index in [-0.39, 0.29) is 45.4 Å². The molecule has 0 bridgehead atoms. The molecule has 27 heavy (non-hydrogen) atoms. The van der Waals surface area contributed by atoms with Crippen LogP contribution in [0.1, 0.15) is 10.5 Å². The number of nitroso groups, excluding NO2 is 1. The lowest BCUT2D eigenvalue weighted by atomic mass is 10.1. The summed E-state index contributed by atoms with van der Waals surface area (Å²) in [5, 5.41) is 26.3. The Bertz CT molecular complexity index is 966. The van der Waals surface area contributed by atoms with Gasteiger partial charge in [-0.2, -0.15) is 0 Å². The van der Waals surface area contributed by atoms with Crippen LogP contribution in [0.2, 0.25) is 0 Å². The molecular formula is C17H13N2O8-. The Balaban J connectivity index is 0.00000261. The molecular weight excluding hydrogens is 360 g/mol. The minimum atomic E-state index is -0.710. The number of hydrogen-bond acceptors (Lipinski definition) is 10. The average Bonchev–Trinajstić information content (AvgIpc) is 3.10. The van der Waals surface area contributed by atoms with Crippen LogP contribution >= 0.6 is 0 Å². The van der Waals surface area contributed by atoms with Crippen molar-refractivity contribution < 1.29 is 34.5 Å². The highest BCUT2D eigenvalue weighted by atomic mass is 16.5. The van der Waals surface area contributed by atoms with E-state index in [2.05, 4.69) is 15.1 Å². The lowest BCUT2D eigenvalue weighted by molar-refractivity contribution is 0.0589. The molecule has 0 fully saturated rings. The van der Waals surface area contributed by atoms with Crippen molar-refractivity contribution in [1.29, 1.82) is 0 Å². The topological polar surface area (TPSA) is 161 Å². The van der Waals surface area contributed by atoms with E-state index in [1.807, 2.05) is 0 Å². The van der Waals surface area contributed by atoms with Gasteiger partial charge in [-0.1, -0.05) is 5.16 Å². The van der Waals surface area contributed by atoms with Gasteiger partial charge in [-0.3, -0.25) is 0 Å². The monoisotopic (exact) mass is 373 g/mol. The number of methoxy groups -OCH3 is 1. The van der Waals surface area contributed by atoms with Crippen molar-refractivity contribution in [2.45, 2.75) is 0 Å². The summed E-state index contributed by atoms with van der Waals surface area (Å²) in [5.41, 5.74) is 0.194. The summed E-state index contributed by atoms with van der Waals surface area (Å²) >= 11 is 0. The third-order valence-corrected chi connectivity index (χ3v) is 3.39. The fraction of sp³-hybridized carbons (Fsp3) is 0.0588. The lowest BCUT2D eigenvalue weighted by Gasteiger charge is -2.11. The van der Waals surface area contributed by atoms with Crippen LogP contribution in [-0.2, 0) is 4.74 Å². The summed E-state index contributed by atoms with van der Waals surface area (Å²) in [6, 6.07) is 9.46. The average molecular weight is 373 g/mol. The molecule has 1 heterocycles. The molecule has 0 aliphatic carbocycles. The van der Waals surface area contributed by atoms with Gasteiger partial charge in [0, 0.05) is 18.2 Å². The van der Waals surface area contributed by atoms with Crippen molar-refractivity contribution in [3.63, 3.8) is 0 Å². The second-order valence-corrected chi connectivity index (χ2v) is 5.09. The number of aromatic nitrogens is 1. The largest absolute Gasteiger partial charge is 0.870 e. The van der Waals surface area contributed by atoms with Crippen molar-refractivity contribution in [2.75, 3.05) is 7.11 Å². The molecule has 2 aromatic carbocycles. The summed E-state index contributed by atoms with van der Waals surface area (Å²) in [7, 11) is 1.20. The molecule has 3 aromatic rings.